The van der Waals surface area contributed by atoms with Crippen LogP contribution in [0.5, 0.6) is 0 Å². The smallest absolute Gasteiger partial charge is 0.175 e. The van der Waals surface area contributed by atoms with E-state index in [-0.39, 0.29) is 6.61 Å². The van der Waals surface area contributed by atoms with Crippen LogP contribution < -0.4 is 0 Å². The highest BCUT2D eigenvalue weighted by Gasteiger charge is 2.44. The van der Waals surface area contributed by atoms with Gasteiger partial charge in [0.05, 0.1) is 19.3 Å². The van der Waals surface area contributed by atoms with Crippen LogP contribution in [0.1, 0.15) is 0 Å². The Morgan fingerprint density at radius 2 is 1.90 bits per heavy atom. The van der Waals surface area contributed by atoms with Crippen molar-refractivity contribution in [3.63, 3.8) is 0 Å². The number of halogens is 1. The van der Waals surface area contributed by atoms with Gasteiger partial charge in [0, 0.05) is 20.2 Å². The molecule has 20 heavy (non-hydrogen) atoms. The number of nitrogens with zero attached hydrogens (tertiary/aromatic N) is 1. The Morgan fingerprint density at radius 3 is 2.40 bits per heavy atom. The summed E-state index contributed by atoms with van der Waals surface area (Å²) in [5.41, 5.74) is 0. The van der Waals surface area contributed by atoms with Crippen LogP contribution in [-0.2, 0) is 14.2 Å². The number of methoxy groups -OCH3 is 1. The molecule has 4 nitrogen and oxygen atoms in total. The summed E-state index contributed by atoms with van der Waals surface area (Å²) in [6.07, 6.45) is 2.56. The molecule has 4 atom stereocenters. The second-order valence-corrected chi connectivity index (χ2v) is 4.56. The molecule has 0 aromatic carbocycles. The molecule has 1 rings (SSSR count). The maximum absolute atomic E-state index is 14.7. The van der Waals surface area contributed by atoms with Crippen molar-refractivity contribution in [3.8, 4) is 0 Å². The van der Waals surface area contributed by atoms with Gasteiger partial charge >= 0.3 is 0 Å². The second-order valence-electron chi connectivity index (χ2n) is 4.56. The fourth-order valence-electron chi connectivity index (χ4n) is 2.31. The lowest BCUT2D eigenvalue weighted by molar-refractivity contribution is -0.237. The molecular weight excluding hydrogens is 261 g/mol. The van der Waals surface area contributed by atoms with Crippen molar-refractivity contribution in [3.05, 3.63) is 38.0 Å². The lowest BCUT2D eigenvalue weighted by Crippen LogP contribution is -2.60. The van der Waals surface area contributed by atoms with Gasteiger partial charge < -0.3 is 14.2 Å². The monoisotopic (exact) mass is 285 g/mol. The van der Waals surface area contributed by atoms with Gasteiger partial charge in [-0.15, -0.1) is 19.7 Å². The summed E-state index contributed by atoms with van der Waals surface area (Å²) < 4.78 is 31.0. The fourth-order valence-corrected chi connectivity index (χ4v) is 2.31. The van der Waals surface area contributed by atoms with Crippen LogP contribution in [0.2, 0.25) is 0 Å². The predicted octanol–water partition coefficient (Wildman–Crippen LogP) is 1.94. The van der Waals surface area contributed by atoms with Crippen molar-refractivity contribution in [2.24, 2.45) is 0 Å². The summed E-state index contributed by atoms with van der Waals surface area (Å²) in [5, 5.41) is 0. The highest BCUT2D eigenvalue weighted by molar-refractivity contribution is 4.95. The molecule has 114 valence electrons. The van der Waals surface area contributed by atoms with E-state index in [1.807, 2.05) is 4.90 Å². The van der Waals surface area contributed by atoms with E-state index in [1.165, 1.54) is 7.11 Å². The van der Waals surface area contributed by atoms with Crippen molar-refractivity contribution in [2.45, 2.75) is 24.6 Å². The van der Waals surface area contributed by atoms with Crippen molar-refractivity contribution in [1.29, 1.82) is 0 Å². The van der Waals surface area contributed by atoms with Gasteiger partial charge in [0.25, 0.3) is 0 Å². The predicted molar refractivity (Wildman–Crippen MR) is 77.3 cm³/mol. The summed E-state index contributed by atoms with van der Waals surface area (Å²) in [7, 11) is 1.51. The summed E-state index contributed by atoms with van der Waals surface area (Å²) in [5.74, 6) is 0. The molecule has 0 amide bonds. The highest BCUT2D eigenvalue weighted by Crippen LogP contribution is 2.26. The molecule has 5 heteroatoms. The van der Waals surface area contributed by atoms with E-state index in [0.29, 0.717) is 19.7 Å². The number of alkyl halides is 1. The zero-order valence-corrected chi connectivity index (χ0v) is 12.0. The summed E-state index contributed by atoms with van der Waals surface area (Å²) in [4.78, 5) is 1.88. The molecule has 0 aromatic heterocycles. The van der Waals surface area contributed by atoms with E-state index in [9.17, 15) is 4.39 Å². The van der Waals surface area contributed by atoms with Crippen molar-refractivity contribution >= 4 is 0 Å². The maximum Gasteiger partial charge on any atom is 0.175 e. The van der Waals surface area contributed by atoms with Gasteiger partial charge in [-0.05, 0) is 0 Å². The third-order valence-corrected chi connectivity index (χ3v) is 3.19. The fraction of sp³-hybridized carbons (Fsp3) is 0.600. The molecule has 1 aliphatic heterocycles. The van der Waals surface area contributed by atoms with Gasteiger partial charge in [-0.1, -0.05) is 18.2 Å². The minimum atomic E-state index is -1.21. The number of rotatable bonds is 9. The average Bonchev–Trinajstić information content (AvgIpc) is 2.45. The Balaban J connectivity index is 2.84. The minimum absolute atomic E-state index is 0.167. The van der Waals surface area contributed by atoms with Crippen LogP contribution in [0.3, 0.4) is 0 Å². The normalized spacial score (nSPS) is 30.1. The summed E-state index contributed by atoms with van der Waals surface area (Å²) >= 11 is 0. The van der Waals surface area contributed by atoms with Crippen molar-refractivity contribution in [2.75, 3.05) is 33.4 Å². The Morgan fingerprint density at radius 1 is 1.25 bits per heavy atom. The van der Waals surface area contributed by atoms with E-state index >= 15 is 0 Å². The SMILES string of the molecule is C=CCOC1COC(OC)C(N(CC=C)CC=C)C1F. The van der Waals surface area contributed by atoms with Gasteiger partial charge in [0.15, 0.2) is 6.29 Å². The van der Waals surface area contributed by atoms with Crippen LogP contribution in [0.15, 0.2) is 38.0 Å². The van der Waals surface area contributed by atoms with Gasteiger partial charge in [-0.2, -0.15) is 0 Å². The van der Waals surface area contributed by atoms with E-state index < -0.39 is 24.6 Å². The summed E-state index contributed by atoms with van der Waals surface area (Å²) in [6.45, 7) is 12.5. The molecule has 0 bridgehead atoms. The molecular formula is C15H24FNO3. The molecule has 0 radical (unpaired) electrons. The highest BCUT2D eigenvalue weighted by atomic mass is 19.1. The zero-order chi connectivity index (χ0) is 15.0. The molecule has 4 unspecified atom stereocenters. The van der Waals surface area contributed by atoms with Gasteiger partial charge in [0.1, 0.15) is 12.3 Å². The number of hydrogen-bond acceptors (Lipinski definition) is 4. The molecule has 1 fully saturated rings. The number of hydrogen-bond donors (Lipinski definition) is 0. The Kier molecular flexibility index (Phi) is 7.69. The molecule has 1 aliphatic rings. The maximum atomic E-state index is 14.7. The first-order valence-electron chi connectivity index (χ1n) is 6.66. The molecule has 1 saturated heterocycles. The van der Waals surface area contributed by atoms with Gasteiger partial charge in [0.2, 0.25) is 0 Å². The zero-order valence-electron chi connectivity index (χ0n) is 12.0. The molecule has 1 heterocycles. The second kappa shape index (κ2) is 9.02. The van der Waals surface area contributed by atoms with Gasteiger partial charge in [-0.3, -0.25) is 4.90 Å². The van der Waals surface area contributed by atoms with E-state index in [0.717, 1.165) is 0 Å². The molecule has 0 spiro atoms. The average molecular weight is 285 g/mol. The molecule has 0 N–H and O–H groups in total. The third-order valence-electron chi connectivity index (χ3n) is 3.19. The quantitative estimate of drug-likeness (QED) is 0.606. The largest absolute Gasteiger partial charge is 0.369 e. The van der Waals surface area contributed by atoms with E-state index in [2.05, 4.69) is 19.7 Å². The first-order valence-corrected chi connectivity index (χ1v) is 6.66. The lowest BCUT2D eigenvalue weighted by Gasteiger charge is -2.43. The van der Waals surface area contributed by atoms with E-state index in [4.69, 9.17) is 14.2 Å². The standard InChI is InChI=1S/C15H24FNO3/c1-5-8-17(9-6-2)14-13(16)12(19-10-7-3)11-20-15(14)18-4/h5-7,12-15H,1-3,8-11H2,4H3. The van der Waals surface area contributed by atoms with Crippen LogP contribution in [0.4, 0.5) is 4.39 Å². The molecule has 0 aromatic rings. The van der Waals surface area contributed by atoms with Crippen molar-refractivity contribution < 1.29 is 18.6 Å². The van der Waals surface area contributed by atoms with Crippen molar-refractivity contribution in [1.82, 2.24) is 4.90 Å². The minimum Gasteiger partial charge on any atom is -0.369 e. The Bertz CT molecular complexity index is 314. The molecule has 0 aliphatic carbocycles. The number of ether oxygens (including phenoxy) is 3. The Labute approximate surface area is 120 Å². The third kappa shape index (κ3) is 4.24. The van der Waals surface area contributed by atoms with Crippen LogP contribution in [0, 0.1) is 0 Å². The lowest BCUT2D eigenvalue weighted by atomic mass is 10.0. The summed E-state index contributed by atoms with van der Waals surface area (Å²) in [6, 6.07) is -0.556. The van der Waals surface area contributed by atoms with Gasteiger partial charge in [-0.25, -0.2) is 4.39 Å². The first-order chi connectivity index (χ1) is 9.69. The van der Waals surface area contributed by atoms with Crippen LogP contribution >= 0.6 is 0 Å². The Hall–Kier alpha value is -1.01. The topological polar surface area (TPSA) is 30.9 Å². The first kappa shape index (κ1) is 17.0. The van der Waals surface area contributed by atoms with Crippen LogP contribution in [-0.4, -0.2) is 62.9 Å². The molecule has 0 saturated carbocycles. The van der Waals surface area contributed by atoms with Crippen LogP contribution in [0.25, 0.3) is 0 Å². The van der Waals surface area contributed by atoms with E-state index in [1.54, 1.807) is 18.2 Å².